The number of carbonyl (C=O) groups is 1. The third-order valence-corrected chi connectivity index (χ3v) is 3.92. The first-order chi connectivity index (χ1) is 9.52. The van der Waals surface area contributed by atoms with E-state index in [0.717, 1.165) is 23.6 Å². The summed E-state index contributed by atoms with van der Waals surface area (Å²) >= 11 is 0. The van der Waals surface area contributed by atoms with E-state index in [2.05, 4.69) is 18.8 Å². The van der Waals surface area contributed by atoms with Crippen molar-refractivity contribution in [1.82, 2.24) is 4.90 Å². The Hall–Kier alpha value is -1.79. The van der Waals surface area contributed by atoms with Crippen LogP contribution in [0, 0.1) is 30.6 Å². The quantitative estimate of drug-likeness (QED) is 0.855. The van der Waals surface area contributed by atoms with Crippen LogP contribution in [0.5, 0.6) is 0 Å². The Morgan fingerprint density at radius 3 is 2.80 bits per heavy atom. The molecule has 106 valence electrons. The van der Waals surface area contributed by atoms with Gasteiger partial charge in [0.05, 0.1) is 0 Å². The number of nitrogens with zero attached hydrogens (tertiary/aromatic N) is 1. The molecule has 1 fully saturated rings. The van der Waals surface area contributed by atoms with Gasteiger partial charge in [-0.05, 0) is 42.9 Å². The minimum absolute atomic E-state index is 0.0381. The van der Waals surface area contributed by atoms with Crippen molar-refractivity contribution in [2.75, 3.05) is 20.2 Å². The van der Waals surface area contributed by atoms with Crippen molar-refractivity contribution < 1.29 is 9.90 Å². The van der Waals surface area contributed by atoms with Crippen molar-refractivity contribution in [3.8, 4) is 11.8 Å². The van der Waals surface area contributed by atoms with Gasteiger partial charge in [0.1, 0.15) is 6.61 Å². The van der Waals surface area contributed by atoms with E-state index >= 15 is 0 Å². The highest BCUT2D eigenvalue weighted by Crippen LogP contribution is 2.38. The predicted octanol–water partition coefficient (Wildman–Crippen LogP) is 2.07. The van der Waals surface area contributed by atoms with Crippen LogP contribution in [0.3, 0.4) is 0 Å². The van der Waals surface area contributed by atoms with Crippen LogP contribution in [-0.4, -0.2) is 36.1 Å². The normalized spacial score (nSPS) is 20.0. The van der Waals surface area contributed by atoms with E-state index in [1.807, 2.05) is 32.2 Å². The molecule has 1 aromatic rings. The highest BCUT2D eigenvalue weighted by Gasteiger charge is 2.34. The summed E-state index contributed by atoms with van der Waals surface area (Å²) in [4.78, 5) is 14.2. The van der Waals surface area contributed by atoms with Crippen molar-refractivity contribution in [3.63, 3.8) is 0 Å². The highest BCUT2D eigenvalue weighted by atomic mass is 16.2. The summed E-state index contributed by atoms with van der Waals surface area (Å²) in [5.41, 5.74) is 2.48. The lowest BCUT2D eigenvalue weighted by molar-refractivity contribution is 0.0787. The molecular weight excluding hydrogens is 250 g/mol. The third kappa shape index (κ3) is 3.40. The molecule has 1 amide bonds. The Labute approximate surface area is 120 Å². The monoisotopic (exact) mass is 271 g/mol. The summed E-state index contributed by atoms with van der Waals surface area (Å²) in [5, 5.41) is 8.77. The van der Waals surface area contributed by atoms with Crippen LogP contribution in [0.25, 0.3) is 0 Å². The van der Waals surface area contributed by atoms with Gasteiger partial charge in [0, 0.05) is 24.7 Å². The van der Waals surface area contributed by atoms with Gasteiger partial charge in [0.2, 0.25) is 0 Å². The topological polar surface area (TPSA) is 40.5 Å². The molecule has 2 atom stereocenters. The zero-order chi connectivity index (χ0) is 14.7. The van der Waals surface area contributed by atoms with Gasteiger partial charge in [-0.3, -0.25) is 4.79 Å². The first-order valence-corrected chi connectivity index (χ1v) is 6.98. The summed E-state index contributed by atoms with van der Waals surface area (Å²) in [7, 11) is 1.85. The van der Waals surface area contributed by atoms with E-state index in [-0.39, 0.29) is 12.5 Å². The fraction of sp³-hybridized carbons (Fsp3) is 0.471. The molecule has 20 heavy (non-hydrogen) atoms. The number of benzene rings is 1. The summed E-state index contributed by atoms with van der Waals surface area (Å²) in [5.74, 6) is 6.95. The molecule has 3 heteroatoms. The molecule has 0 aliphatic heterocycles. The van der Waals surface area contributed by atoms with Crippen molar-refractivity contribution in [3.05, 3.63) is 34.9 Å². The van der Waals surface area contributed by atoms with E-state index in [4.69, 9.17) is 5.11 Å². The van der Waals surface area contributed by atoms with Crippen LogP contribution in [0.2, 0.25) is 0 Å². The summed E-state index contributed by atoms with van der Waals surface area (Å²) in [6, 6.07) is 5.56. The number of aliphatic hydroxyl groups is 1. The largest absolute Gasteiger partial charge is 0.384 e. The Bertz CT molecular complexity index is 568. The summed E-state index contributed by atoms with van der Waals surface area (Å²) < 4.78 is 0. The first kappa shape index (κ1) is 14.6. The summed E-state index contributed by atoms with van der Waals surface area (Å²) in [6.07, 6.45) is 1.22. The minimum atomic E-state index is -0.170. The van der Waals surface area contributed by atoms with Crippen molar-refractivity contribution in [2.24, 2.45) is 11.8 Å². The van der Waals surface area contributed by atoms with Gasteiger partial charge in [-0.25, -0.2) is 0 Å². The van der Waals surface area contributed by atoms with Crippen LogP contribution in [0.4, 0.5) is 0 Å². The number of aliphatic hydroxyl groups excluding tert-OH is 1. The number of rotatable bonds is 3. The maximum Gasteiger partial charge on any atom is 0.253 e. The second-order valence-corrected chi connectivity index (χ2v) is 5.65. The average Bonchev–Trinajstić information content (AvgIpc) is 3.12. The number of hydrogen-bond acceptors (Lipinski definition) is 2. The average molecular weight is 271 g/mol. The molecule has 0 aromatic heterocycles. The van der Waals surface area contributed by atoms with Crippen LogP contribution < -0.4 is 0 Å². The molecule has 1 aliphatic carbocycles. The predicted molar refractivity (Wildman–Crippen MR) is 79.4 cm³/mol. The first-order valence-electron chi connectivity index (χ1n) is 6.98. The van der Waals surface area contributed by atoms with Crippen molar-refractivity contribution in [2.45, 2.75) is 20.3 Å². The number of aryl methyl sites for hydroxylation is 1. The van der Waals surface area contributed by atoms with E-state index < -0.39 is 0 Å². The lowest BCUT2D eigenvalue weighted by atomic mass is 10.0. The van der Waals surface area contributed by atoms with Crippen LogP contribution in [-0.2, 0) is 0 Å². The van der Waals surface area contributed by atoms with E-state index in [9.17, 15) is 4.79 Å². The van der Waals surface area contributed by atoms with Gasteiger partial charge in [-0.2, -0.15) is 0 Å². The molecule has 1 saturated carbocycles. The standard InChI is InChI=1S/C17H21NO2/c1-12-6-7-15(10-14(12)5-4-8-19)17(20)18(3)11-16-9-13(16)2/h6-7,10,13,16,19H,8-9,11H2,1-3H3. The molecule has 0 bridgehead atoms. The van der Waals surface area contributed by atoms with Crippen LogP contribution >= 0.6 is 0 Å². The van der Waals surface area contributed by atoms with Crippen LogP contribution in [0.15, 0.2) is 18.2 Å². The third-order valence-electron chi connectivity index (χ3n) is 3.92. The Balaban J connectivity index is 2.13. The molecule has 0 saturated heterocycles. The Morgan fingerprint density at radius 2 is 2.20 bits per heavy atom. The van der Waals surface area contributed by atoms with E-state index in [1.165, 1.54) is 6.42 Å². The van der Waals surface area contributed by atoms with Gasteiger partial charge in [0.25, 0.3) is 5.91 Å². The summed E-state index contributed by atoms with van der Waals surface area (Å²) in [6.45, 7) is 4.82. The van der Waals surface area contributed by atoms with Gasteiger partial charge >= 0.3 is 0 Å². The lowest BCUT2D eigenvalue weighted by Gasteiger charge is -2.17. The number of hydrogen-bond donors (Lipinski definition) is 1. The zero-order valence-electron chi connectivity index (χ0n) is 12.3. The maximum absolute atomic E-state index is 12.4. The van der Waals surface area contributed by atoms with E-state index in [0.29, 0.717) is 11.5 Å². The molecule has 2 unspecified atom stereocenters. The number of amides is 1. The Kier molecular flexibility index (Phi) is 4.46. The van der Waals surface area contributed by atoms with Gasteiger partial charge in [-0.1, -0.05) is 24.8 Å². The second-order valence-electron chi connectivity index (χ2n) is 5.65. The smallest absolute Gasteiger partial charge is 0.253 e. The SMILES string of the molecule is Cc1ccc(C(=O)N(C)CC2CC2C)cc1C#CCO. The highest BCUT2D eigenvalue weighted by molar-refractivity contribution is 5.94. The zero-order valence-corrected chi connectivity index (χ0v) is 12.3. The molecule has 1 aliphatic rings. The van der Waals surface area contributed by atoms with Crippen LogP contribution in [0.1, 0.15) is 34.8 Å². The number of carbonyl (C=O) groups excluding carboxylic acids is 1. The molecule has 1 N–H and O–H groups in total. The molecule has 0 heterocycles. The minimum Gasteiger partial charge on any atom is -0.384 e. The van der Waals surface area contributed by atoms with Crippen molar-refractivity contribution in [1.29, 1.82) is 0 Å². The lowest BCUT2D eigenvalue weighted by Crippen LogP contribution is -2.29. The molecule has 0 radical (unpaired) electrons. The van der Waals surface area contributed by atoms with Gasteiger partial charge < -0.3 is 10.0 Å². The fourth-order valence-electron chi connectivity index (χ4n) is 2.33. The molecule has 3 nitrogen and oxygen atoms in total. The fourth-order valence-corrected chi connectivity index (χ4v) is 2.33. The van der Waals surface area contributed by atoms with Gasteiger partial charge in [-0.15, -0.1) is 0 Å². The second kappa shape index (κ2) is 6.11. The maximum atomic E-state index is 12.4. The molecular formula is C17H21NO2. The molecule has 2 rings (SSSR count). The Morgan fingerprint density at radius 1 is 1.50 bits per heavy atom. The van der Waals surface area contributed by atoms with E-state index in [1.54, 1.807) is 4.90 Å². The molecule has 0 spiro atoms. The van der Waals surface area contributed by atoms with Gasteiger partial charge in [0.15, 0.2) is 0 Å². The van der Waals surface area contributed by atoms with Crippen molar-refractivity contribution >= 4 is 5.91 Å². The molecule has 1 aromatic carbocycles.